The number of hydrogen-bond acceptors (Lipinski definition) is 12. The van der Waals surface area contributed by atoms with E-state index in [-0.39, 0.29) is 18.6 Å². The van der Waals surface area contributed by atoms with Gasteiger partial charge in [-0.3, -0.25) is 9.35 Å². The molecule has 7 N–H and O–H groups in total. The van der Waals surface area contributed by atoms with Gasteiger partial charge in [0.2, 0.25) is 6.29 Å². The first-order chi connectivity index (χ1) is 16.8. The van der Waals surface area contributed by atoms with Crippen LogP contribution in [0.15, 0.2) is 36.4 Å². The number of hydrogen-bond donors (Lipinski definition) is 7. The Hall–Kier alpha value is -3.47. The predicted molar refractivity (Wildman–Crippen MR) is 116 cm³/mol. The van der Waals surface area contributed by atoms with Crippen LogP contribution in [-0.4, -0.2) is 86.1 Å². The lowest BCUT2D eigenvalue weighted by Gasteiger charge is -2.38. The van der Waals surface area contributed by atoms with Crippen molar-refractivity contribution >= 4 is 22.2 Å². The summed E-state index contributed by atoms with van der Waals surface area (Å²) in [6.07, 6.45) is -9.05. The smallest absolute Gasteiger partial charge is 0.446 e. The molecule has 0 radical (unpaired) electrons. The topological polar surface area (TPSA) is 238 Å². The van der Waals surface area contributed by atoms with Crippen molar-refractivity contribution in [1.82, 2.24) is 0 Å². The van der Waals surface area contributed by atoms with E-state index in [4.69, 9.17) is 19.1 Å². The summed E-state index contributed by atoms with van der Waals surface area (Å²) in [5.41, 5.74) is -0.00209. The van der Waals surface area contributed by atoms with Gasteiger partial charge in [-0.2, -0.15) is 8.42 Å². The molecule has 1 aliphatic heterocycles. The van der Waals surface area contributed by atoms with Gasteiger partial charge in [-0.1, -0.05) is 12.1 Å². The van der Waals surface area contributed by atoms with Gasteiger partial charge in [0.1, 0.15) is 41.1 Å². The molecule has 0 aliphatic carbocycles. The normalized spacial score (nSPS) is 24.2. The van der Waals surface area contributed by atoms with Crippen LogP contribution in [0, 0.1) is 0 Å². The Kier molecular flexibility index (Phi) is 8.02. The summed E-state index contributed by atoms with van der Waals surface area (Å²) in [5, 5.41) is 58.2. The van der Waals surface area contributed by atoms with Crippen LogP contribution in [0.1, 0.15) is 22.3 Å². The molecule has 1 heterocycles. The highest BCUT2D eigenvalue weighted by Gasteiger charge is 2.48. The zero-order valence-corrected chi connectivity index (χ0v) is 19.0. The third-order valence-electron chi connectivity index (χ3n) is 5.17. The van der Waals surface area contributed by atoms with Crippen molar-refractivity contribution in [3.05, 3.63) is 47.5 Å². The van der Waals surface area contributed by atoms with E-state index in [1.165, 1.54) is 24.3 Å². The van der Waals surface area contributed by atoms with Gasteiger partial charge < -0.3 is 44.3 Å². The number of aliphatic hydroxyl groups excluding tert-OH is 3. The molecule has 3 rings (SSSR count). The number of phenolic OH excluding ortho intramolecular Hbond substituents is 2. The Morgan fingerprint density at radius 2 is 1.61 bits per heavy atom. The average Bonchev–Trinajstić information content (AvgIpc) is 2.77. The molecule has 2 aromatic rings. The standard InChI is InChI=1S/C21H22O14S/c22-10-7-13(24)15(14(8-10)35-36(30,31)32)12(23)6-3-9-1-4-11(5-2-9)33-21-18(27)16(25)17(26)19(34-21)20(28)29/h1-2,4-5,7-8,16-19,21-22,24-27H,3,6H2,(H,28,29)(H,30,31,32)/t16-,17-,18+,19-,21?/m0/s1. The van der Waals surface area contributed by atoms with Crippen molar-refractivity contribution in [2.45, 2.75) is 43.5 Å². The number of carboxylic acids is 1. The third kappa shape index (κ3) is 6.39. The van der Waals surface area contributed by atoms with Gasteiger partial charge >= 0.3 is 16.4 Å². The number of Topliss-reactive ketones (excluding diaryl/α,β-unsaturated/α-hetero) is 1. The predicted octanol–water partition coefficient (Wildman–Crippen LogP) is -0.634. The van der Waals surface area contributed by atoms with Crippen LogP contribution < -0.4 is 8.92 Å². The van der Waals surface area contributed by atoms with Gasteiger partial charge in [-0.05, 0) is 24.1 Å². The minimum atomic E-state index is -5.05. The lowest BCUT2D eigenvalue weighted by molar-refractivity contribution is -0.271. The molecule has 5 atom stereocenters. The maximum Gasteiger partial charge on any atom is 0.446 e. The molecule has 0 aromatic heterocycles. The first-order valence-electron chi connectivity index (χ1n) is 10.2. The highest BCUT2D eigenvalue weighted by molar-refractivity contribution is 7.81. The minimum absolute atomic E-state index is 0.0826. The number of aromatic hydroxyl groups is 2. The highest BCUT2D eigenvalue weighted by Crippen LogP contribution is 2.35. The van der Waals surface area contributed by atoms with E-state index in [2.05, 4.69) is 4.18 Å². The number of rotatable bonds is 9. The molecule has 1 saturated heterocycles. The van der Waals surface area contributed by atoms with Crippen LogP contribution in [0.4, 0.5) is 0 Å². The molecule has 1 aliphatic rings. The number of aryl methyl sites for hydroxylation is 1. The number of ketones is 1. The maximum atomic E-state index is 12.6. The van der Waals surface area contributed by atoms with Crippen molar-refractivity contribution in [1.29, 1.82) is 0 Å². The van der Waals surface area contributed by atoms with E-state index in [0.717, 1.165) is 12.1 Å². The van der Waals surface area contributed by atoms with E-state index >= 15 is 0 Å². The number of benzene rings is 2. The quantitative estimate of drug-likeness (QED) is 0.158. The molecule has 1 fully saturated rings. The monoisotopic (exact) mass is 530 g/mol. The van der Waals surface area contributed by atoms with Crippen LogP contribution in [0.2, 0.25) is 0 Å². The fourth-order valence-electron chi connectivity index (χ4n) is 3.45. The number of aliphatic hydroxyl groups is 3. The molecular weight excluding hydrogens is 508 g/mol. The Morgan fingerprint density at radius 3 is 2.19 bits per heavy atom. The molecule has 0 saturated carbocycles. The second-order valence-corrected chi connectivity index (χ2v) is 8.79. The summed E-state index contributed by atoms with van der Waals surface area (Å²) in [6, 6.07) is 7.33. The number of carbonyl (C=O) groups excluding carboxylic acids is 1. The number of aliphatic carboxylic acids is 1. The van der Waals surface area contributed by atoms with Gasteiger partial charge in [-0.15, -0.1) is 0 Å². The van der Waals surface area contributed by atoms with Crippen molar-refractivity contribution < 1.29 is 66.9 Å². The Morgan fingerprint density at radius 1 is 0.972 bits per heavy atom. The van der Waals surface area contributed by atoms with Crippen molar-refractivity contribution in [3.8, 4) is 23.0 Å². The van der Waals surface area contributed by atoms with Gasteiger partial charge in [0.25, 0.3) is 0 Å². The van der Waals surface area contributed by atoms with Crippen LogP contribution in [-0.2, 0) is 26.4 Å². The van der Waals surface area contributed by atoms with E-state index in [9.17, 15) is 43.5 Å². The van der Waals surface area contributed by atoms with Gasteiger partial charge in [0, 0.05) is 18.6 Å². The number of phenols is 2. The Labute approximate surface area is 203 Å². The zero-order chi connectivity index (χ0) is 26.8. The van der Waals surface area contributed by atoms with Gasteiger partial charge in [0.05, 0.1) is 0 Å². The number of carbonyl (C=O) groups is 2. The molecule has 15 heteroatoms. The van der Waals surface area contributed by atoms with Crippen LogP contribution >= 0.6 is 0 Å². The van der Waals surface area contributed by atoms with Crippen molar-refractivity contribution in [2.75, 3.05) is 0 Å². The van der Waals surface area contributed by atoms with E-state index in [1.807, 2.05) is 0 Å². The molecule has 0 spiro atoms. The fourth-order valence-corrected chi connectivity index (χ4v) is 3.81. The van der Waals surface area contributed by atoms with E-state index in [0.29, 0.717) is 5.56 Å². The zero-order valence-electron chi connectivity index (χ0n) is 18.2. The average molecular weight is 530 g/mol. The number of ether oxygens (including phenoxy) is 2. The summed E-state index contributed by atoms with van der Waals surface area (Å²) >= 11 is 0. The summed E-state index contributed by atoms with van der Waals surface area (Å²) in [6.45, 7) is 0. The van der Waals surface area contributed by atoms with Crippen LogP contribution in [0.3, 0.4) is 0 Å². The van der Waals surface area contributed by atoms with Crippen molar-refractivity contribution in [3.63, 3.8) is 0 Å². The molecule has 14 nitrogen and oxygen atoms in total. The summed E-state index contributed by atoms with van der Waals surface area (Å²) in [7, 11) is -5.05. The third-order valence-corrected chi connectivity index (χ3v) is 5.56. The molecule has 0 amide bonds. The first kappa shape index (κ1) is 27.1. The molecule has 196 valence electrons. The van der Waals surface area contributed by atoms with E-state index in [1.54, 1.807) is 0 Å². The Bertz CT molecular complexity index is 1230. The van der Waals surface area contributed by atoms with Gasteiger partial charge in [0.15, 0.2) is 17.6 Å². The fraction of sp³-hybridized carbons (Fsp3) is 0.333. The van der Waals surface area contributed by atoms with Gasteiger partial charge in [-0.25, -0.2) is 4.79 Å². The molecule has 0 bridgehead atoms. The largest absolute Gasteiger partial charge is 0.508 e. The molecule has 36 heavy (non-hydrogen) atoms. The SMILES string of the molecule is O=C(CCc1ccc(OC2O[C@H](C(=O)O)[C@@H](O)[C@H](O)[C@H]2O)cc1)c1c(O)cc(O)cc1OS(=O)(=O)O. The summed E-state index contributed by atoms with van der Waals surface area (Å²) in [5.74, 6) is -4.37. The summed E-state index contributed by atoms with van der Waals surface area (Å²) in [4.78, 5) is 23.8. The molecule has 2 aromatic carbocycles. The number of carboxylic acid groups (broad SMARTS) is 1. The highest BCUT2D eigenvalue weighted by atomic mass is 32.3. The Balaban J connectivity index is 1.67. The van der Waals surface area contributed by atoms with Crippen molar-refractivity contribution in [2.24, 2.45) is 0 Å². The first-order valence-corrected chi connectivity index (χ1v) is 11.6. The molecule has 1 unspecified atom stereocenters. The molecular formula is C21H22O14S. The van der Waals surface area contributed by atoms with Crippen LogP contribution in [0.25, 0.3) is 0 Å². The summed E-state index contributed by atoms with van der Waals surface area (Å²) < 4.78 is 45.6. The lowest BCUT2D eigenvalue weighted by Crippen LogP contribution is -2.61. The van der Waals surface area contributed by atoms with Crippen LogP contribution in [0.5, 0.6) is 23.0 Å². The lowest BCUT2D eigenvalue weighted by atomic mass is 9.99. The maximum absolute atomic E-state index is 12.6. The second kappa shape index (κ2) is 10.7. The van der Waals surface area contributed by atoms with E-state index < -0.39 is 75.7 Å². The minimum Gasteiger partial charge on any atom is -0.508 e. The second-order valence-electron chi connectivity index (χ2n) is 7.77.